The predicted octanol–water partition coefficient (Wildman–Crippen LogP) is 2.41. The number of esters is 1. The molecule has 102 valence electrons. The van der Waals surface area contributed by atoms with Crippen LogP contribution in [0.1, 0.15) is 45.4 Å². The lowest BCUT2D eigenvalue weighted by atomic mass is 10.1. The summed E-state index contributed by atoms with van der Waals surface area (Å²) in [7, 11) is 0. The second-order valence-electron chi connectivity index (χ2n) is 4.52. The van der Waals surface area contributed by atoms with Crippen LogP contribution in [0.25, 0.3) is 0 Å². The lowest BCUT2D eigenvalue weighted by Gasteiger charge is -2.16. The van der Waals surface area contributed by atoms with Crippen LogP contribution in [-0.2, 0) is 19.1 Å². The molecule has 0 unspecified atom stereocenters. The molecule has 0 aliphatic carbocycles. The van der Waals surface area contributed by atoms with Gasteiger partial charge in [-0.25, -0.2) is 0 Å². The van der Waals surface area contributed by atoms with E-state index in [0.29, 0.717) is 6.42 Å². The molecule has 4 heteroatoms. The molecule has 0 saturated carbocycles. The van der Waals surface area contributed by atoms with Crippen molar-refractivity contribution in [1.29, 1.82) is 0 Å². The molecule has 0 aromatic rings. The summed E-state index contributed by atoms with van der Waals surface area (Å²) >= 11 is 0. The van der Waals surface area contributed by atoms with Crippen LogP contribution >= 0.6 is 0 Å². The Balaban J connectivity index is 2.03. The van der Waals surface area contributed by atoms with Crippen molar-refractivity contribution in [2.24, 2.45) is 0 Å². The average Bonchev–Trinajstić information content (AvgIpc) is 2.38. The van der Waals surface area contributed by atoms with E-state index in [0.717, 1.165) is 12.8 Å². The van der Waals surface area contributed by atoms with Gasteiger partial charge in [0.2, 0.25) is 0 Å². The highest BCUT2D eigenvalue weighted by atomic mass is 16.6. The molecule has 0 saturated heterocycles. The van der Waals surface area contributed by atoms with Gasteiger partial charge in [-0.1, -0.05) is 32.6 Å². The second kappa shape index (κ2) is 8.86. The van der Waals surface area contributed by atoms with Gasteiger partial charge < -0.3 is 9.47 Å². The van der Waals surface area contributed by atoms with Gasteiger partial charge in [0.25, 0.3) is 0 Å². The highest BCUT2D eigenvalue weighted by Crippen LogP contribution is 2.07. The van der Waals surface area contributed by atoms with E-state index in [2.05, 4.69) is 6.92 Å². The standard InChI is InChI=1S/C14H22O4/c1-2-3-4-5-6-7-14(16)18-11-13-9-8-12(15)10-17-13/h8-9,13H,2-7,10-11H2,1H3/t13-/m0/s1. The van der Waals surface area contributed by atoms with Gasteiger partial charge in [0.15, 0.2) is 5.78 Å². The third-order valence-corrected chi connectivity index (χ3v) is 2.83. The zero-order valence-corrected chi connectivity index (χ0v) is 11.0. The number of ketones is 1. The highest BCUT2D eigenvalue weighted by Gasteiger charge is 2.15. The molecule has 0 spiro atoms. The first kappa shape index (κ1) is 14.9. The number of ether oxygens (including phenoxy) is 2. The average molecular weight is 254 g/mol. The van der Waals surface area contributed by atoms with Crippen LogP contribution in [0.2, 0.25) is 0 Å². The molecule has 1 rings (SSSR count). The normalized spacial score (nSPS) is 18.9. The Hall–Kier alpha value is -1.16. The van der Waals surface area contributed by atoms with Crippen LogP contribution in [0.4, 0.5) is 0 Å². The zero-order chi connectivity index (χ0) is 13.2. The number of carbonyl (C=O) groups is 2. The fourth-order valence-corrected chi connectivity index (χ4v) is 1.73. The molecule has 0 aromatic carbocycles. The fraction of sp³-hybridized carbons (Fsp3) is 0.714. The first-order valence-corrected chi connectivity index (χ1v) is 6.70. The maximum absolute atomic E-state index is 11.4. The summed E-state index contributed by atoms with van der Waals surface area (Å²) < 4.78 is 10.3. The monoisotopic (exact) mass is 254 g/mol. The van der Waals surface area contributed by atoms with Crippen molar-refractivity contribution in [3.8, 4) is 0 Å². The predicted molar refractivity (Wildman–Crippen MR) is 68.2 cm³/mol. The van der Waals surface area contributed by atoms with Crippen molar-refractivity contribution >= 4 is 11.8 Å². The zero-order valence-electron chi connectivity index (χ0n) is 11.0. The van der Waals surface area contributed by atoms with Crippen LogP contribution < -0.4 is 0 Å². The van der Waals surface area contributed by atoms with Crippen LogP contribution in [0.5, 0.6) is 0 Å². The molecule has 18 heavy (non-hydrogen) atoms. The molecule has 1 aliphatic rings. The van der Waals surface area contributed by atoms with E-state index >= 15 is 0 Å². The molecule has 1 heterocycles. The summed E-state index contributed by atoms with van der Waals surface area (Å²) in [6, 6.07) is 0. The Morgan fingerprint density at radius 1 is 1.39 bits per heavy atom. The molecule has 0 fully saturated rings. The third-order valence-electron chi connectivity index (χ3n) is 2.83. The molecule has 1 aliphatic heterocycles. The van der Waals surface area contributed by atoms with Gasteiger partial charge >= 0.3 is 5.97 Å². The van der Waals surface area contributed by atoms with Crippen LogP contribution in [0.15, 0.2) is 12.2 Å². The first-order valence-electron chi connectivity index (χ1n) is 6.70. The molecule has 1 atom stereocenters. The van der Waals surface area contributed by atoms with Crippen LogP contribution in [0, 0.1) is 0 Å². The largest absolute Gasteiger partial charge is 0.463 e. The quantitative estimate of drug-likeness (QED) is 0.493. The number of carbonyl (C=O) groups excluding carboxylic acids is 2. The van der Waals surface area contributed by atoms with Gasteiger partial charge in [-0.3, -0.25) is 9.59 Å². The molecular formula is C14H22O4. The van der Waals surface area contributed by atoms with Crippen molar-refractivity contribution < 1.29 is 19.1 Å². The smallest absolute Gasteiger partial charge is 0.305 e. The SMILES string of the molecule is CCCCCCCC(=O)OC[C@@H]1C=CC(=O)CO1. The van der Waals surface area contributed by atoms with E-state index in [1.54, 1.807) is 6.08 Å². The van der Waals surface area contributed by atoms with Gasteiger partial charge in [-0.2, -0.15) is 0 Å². The van der Waals surface area contributed by atoms with Crippen molar-refractivity contribution in [3.63, 3.8) is 0 Å². The third kappa shape index (κ3) is 6.55. The van der Waals surface area contributed by atoms with E-state index in [9.17, 15) is 9.59 Å². The molecular weight excluding hydrogens is 232 g/mol. The Labute approximate surface area is 108 Å². The van der Waals surface area contributed by atoms with E-state index in [1.807, 2.05) is 0 Å². The molecule has 0 amide bonds. The number of hydrogen-bond acceptors (Lipinski definition) is 4. The molecule has 0 N–H and O–H groups in total. The lowest BCUT2D eigenvalue weighted by Crippen LogP contribution is -2.26. The van der Waals surface area contributed by atoms with E-state index in [4.69, 9.17) is 9.47 Å². The van der Waals surface area contributed by atoms with Crippen molar-refractivity contribution in [3.05, 3.63) is 12.2 Å². The summed E-state index contributed by atoms with van der Waals surface area (Å²) in [5, 5.41) is 0. The van der Waals surface area contributed by atoms with Gasteiger partial charge in [-0.05, 0) is 18.6 Å². The highest BCUT2D eigenvalue weighted by molar-refractivity contribution is 5.91. The van der Waals surface area contributed by atoms with Gasteiger partial charge in [0.05, 0.1) is 0 Å². The van der Waals surface area contributed by atoms with Crippen LogP contribution in [0.3, 0.4) is 0 Å². The molecule has 0 bridgehead atoms. The van der Waals surface area contributed by atoms with Crippen molar-refractivity contribution in [2.75, 3.05) is 13.2 Å². The minimum Gasteiger partial charge on any atom is -0.463 e. The van der Waals surface area contributed by atoms with E-state index < -0.39 is 0 Å². The van der Waals surface area contributed by atoms with Gasteiger partial charge in [-0.15, -0.1) is 0 Å². The molecule has 0 radical (unpaired) electrons. The summed E-state index contributed by atoms with van der Waals surface area (Å²) in [6.45, 7) is 2.45. The van der Waals surface area contributed by atoms with Crippen LogP contribution in [-0.4, -0.2) is 31.1 Å². The maximum atomic E-state index is 11.4. The van der Waals surface area contributed by atoms with Gasteiger partial charge in [0, 0.05) is 6.42 Å². The lowest BCUT2D eigenvalue weighted by molar-refractivity contribution is -0.147. The summed E-state index contributed by atoms with van der Waals surface area (Å²) in [5.74, 6) is -0.228. The minimum atomic E-state index is -0.272. The number of rotatable bonds is 8. The number of hydrogen-bond donors (Lipinski definition) is 0. The molecule has 0 aromatic heterocycles. The minimum absolute atomic E-state index is 0.0477. The van der Waals surface area contributed by atoms with E-state index in [-0.39, 0.29) is 31.1 Å². The number of unbranched alkanes of at least 4 members (excludes halogenated alkanes) is 4. The van der Waals surface area contributed by atoms with Crippen molar-refractivity contribution in [2.45, 2.75) is 51.6 Å². The Bertz CT molecular complexity index is 296. The topological polar surface area (TPSA) is 52.6 Å². The van der Waals surface area contributed by atoms with Crippen molar-refractivity contribution in [1.82, 2.24) is 0 Å². The second-order valence-corrected chi connectivity index (χ2v) is 4.52. The Morgan fingerprint density at radius 3 is 2.83 bits per heavy atom. The van der Waals surface area contributed by atoms with Gasteiger partial charge in [0.1, 0.15) is 19.3 Å². The summed E-state index contributed by atoms with van der Waals surface area (Å²) in [5.41, 5.74) is 0. The fourth-order valence-electron chi connectivity index (χ4n) is 1.73. The van der Waals surface area contributed by atoms with E-state index in [1.165, 1.54) is 25.3 Å². The Kier molecular flexibility index (Phi) is 7.34. The maximum Gasteiger partial charge on any atom is 0.305 e. The Morgan fingerprint density at radius 2 is 2.17 bits per heavy atom. The summed E-state index contributed by atoms with van der Waals surface area (Å²) in [6.07, 6.45) is 8.90. The first-order chi connectivity index (χ1) is 8.72. The summed E-state index contributed by atoms with van der Waals surface area (Å²) in [4.78, 5) is 22.3. The molecule has 4 nitrogen and oxygen atoms in total.